The summed E-state index contributed by atoms with van der Waals surface area (Å²) in [5.74, 6) is 0. The molecule has 0 saturated carbocycles. The number of carbonyl (C=O) groups excluding carboxylic acids is 6. The van der Waals surface area contributed by atoms with Gasteiger partial charge in [0.1, 0.15) is 37.6 Å². The first-order valence-corrected chi connectivity index (χ1v) is 28.8. The normalized spacial score (nSPS) is 21.2. The van der Waals surface area contributed by atoms with Crippen LogP contribution in [0.25, 0.3) is 0 Å². The van der Waals surface area contributed by atoms with Gasteiger partial charge in [0.2, 0.25) is 0 Å². The highest BCUT2D eigenvalue weighted by molar-refractivity contribution is 5.88. The second kappa shape index (κ2) is 29.2. The summed E-state index contributed by atoms with van der Waals surface area (Å²) in [4.78, 5) is 84.6. The Morgan fingerprint density at radius 1 is 0.326 bits per heavy atom. The number of hydrogen-bond donors (Lipinski definition) is 8. The van der Waals surface area contributed by atoms with Crippen LogP contribution in [0.15, 0.2) is 109 Å². The van der Waals surface area contributed by atoms with Crippen LogP contribution in [0, 0.1) is 83.1 Å². The lowest BCUT2D eigenvalue weighted by molar-refractivity contribution is -0.351. The van der Waals surface area contributed by atoms with Gasteiger partial charge in [-0.3, -0.25) is 31.9 Å². The van der Waals surface area contributed by atoms with Gasteiger partial charge in [-0.25, -0.2) is 28.8 Å². The van der Waals surface area contributed by atoms with Crippen LogP contribution in [0.5, 0.6) is 0 Å². The van der Waals surface area contributed by atoms with E-state index in [9.17, 15) is 39.0 Å². The first kappa shape index (κ1) is 65.7. The van der Waals surface area contributed by atoms with Crippen molar-refractivity contribution >= 4 is 70.7 Å². The lowest BCUT2D eigenvalue weighted by atomic mass is 9.96. The van der Waals surface area contributed by atoms with E-state index in [0.29, 0.717) is 22.7 Å². The molecule has 8 N–H and O–H groups in total. The molecule has 0 unspecified atom stereocenters. The minimum atomic E-state index is -2.18. The van der Waals surface area contributed by atoms with Crippen molar-refractivity contribution in [3.63, 3.8) is 0 Å². The molecule has 472 valence electrons. The Balaban J connectivity index is 1.23. The zero-order chi connectivity index (χ0) is 64.4. The van der Waals surface area contributed by atoms with Gasteiger partial charge in [-0.1, -0.05) is 36.4 Å². The number of amides is 6. The number of aryl methyl sites for hydroxylation is 12. The van der Waals surface area contributed by atoms with E-state index in [4.69, 9.17) is 42.6 Å². The average molecular weight is 1230 g/mol. The molecule has 0 spiro atoms. The van der Waals surface area contributed by atoms with Crippen LogP contribution in [0.1, 0.15) is 66.8 Å². The van der Waals surface area contributed by atoms with Gasteiger partial charge in [0.25, 0.3) is 0 Å². The Labute approximate surface area is 516 Å². The Hall–Kier alpha value is -9.26. The zero-order valence-electron chi connectivity index (χ0n) is 51.6. The molecule has 6 aromatic carbocycles. The minimum absolute atomic E-state index is 0.279. The molecule has 23 heteroatoms. The molecule has 0 radical (unpaired) electrons. The molecular formula is C66H76N6O17. The standard InChI is InChI=1S/C66H76N6O17/c1-33-13-34(2)20-45(19-33)67-61(75)81-31-51-53(73)55(86-63(77)69-47-23-37(5)15-38(6)24-47)58(89-66(80)72-50-29-43(11)18-44(12)30-50)60(84-51)85-54-52(32-82-62(76)68-46-21-35(3)14-36(4)22-46)83-59(74)57(88-65(79)71-49-27-41(9)17-42(10)28-49)56(54)87-64(78)70-48-25-39(7)16-40(8)26-48/h13-30,51-60,73-74H,31-32H2,1-12H3,(H,67,75)(H,68,76)(H,69,77)(H,70,78)(H,71,79)(H,72,80)/t51-,52-,53-,54-,55+,56+,57-,58-,59+,60-/m1/s1. The zero-order valence-corrected chi connectivity index (χ0v) is 51.6. The van der Waals surface area contributed by atoms with E-state index in [0.717, 1.165) is 66.8 Å². The molecule has 2 saturated heterocycles. The Kier molecular flexibility index (Phi) is 21.5. The Morgan fingerprint density at radius 2 is 0.584 bits per heavy atom. The van der Waals surface area contributed by atoms with Gasteiger partial charge in [-0.2, -0.15) is 0 Å². The summed E-state index contributed by atoms with van der Waals surface area (Å²) in [6, 6.07) is 31.4. The first-order valence-electron chi connectivity index (χ1n) is 28.8. The van der Waals surface area contributed by atoms with E-state index in [1.807, 2.05) is 119 Å². The first-order chi connectivity index (χ1) is 42.2. The van der Waals surface area contributed by atoms with E-state index in [1.165, 1.54) is 0 Å². The smallest absolute Gasteiger partial charge is 0.412 e. The summed E-state index contributed by atoms with van der Waals surface area (Å²) in [6.07, 6.45) is -26.4. The molecule has 0 aliphatic carbocycles. The number of ether oxygens (including phenoxy) is 9. The van der Waals surface area contributed by atoms with E-state index in [-0.39, 0.29) is 11.4 Å². The predicted molar refractivity (Wildman–Crippen MR) is 331 cm³/mol. The average Bonchev–Trinajstić information content (AvgIpc) is 0.878. The number of aliphatic hydroxyl groups is 2. The van der Waals surface area contributed by atoms with Crippen LogP contribution in [0.4, 0.5) is 62.9 Å². The van der Waals surface area contributed by atoms with Crippen molar-refractivity contribution in [3.8, 4) is 0 Å². The summed E-state index contributed by atoms with van der Waals surface area (Å²) in [7, 11) is 0. The summed E-state index contributed by atoms with van der Waals surface area (Å²) in [6.45, 7) is 20.2. The minimum Gasteiger partial charge on any atom is -0.446 e. The van der Waals surface area contributed by atoms with Crippen molar-refractivity contribution in [2.75, 3.05) is 45.1 Å². The molecule has 89 heavy (non-hydrogen) atoms. The van der Waals surface area contributed by atoms with Crippen LogP contribution in [-0.2, 0) is 42.6 Å². The van der Waals surface area contributed by atoms with Gasteiger partial charge in [0, 0.05) is 34.1 Å². The van der Waals surface area contributed by atoms with Gasteiger partial charge in [0.15, 0.2) is 37.0 Å². The second-order valence-corrected chi connectivity index (χ2v) is 22.9. The topological polar surface area (TPSA) is 298 Å². The van der Waals surface area contributed by atoms with E-state index < -0.39 is 111 Å². The SMILES string of the molecule is Cc1cc(C)cc(NC(=O)OC[C@H]2O[C@H](O[C@H]3[C@H](OC(=O)Nc4cc(C)cc(C)c4)[C@@H](OC(=O)Nc4cc(C)cc(C)c4)[C@@H](O)O[C@@H]3COC(=O)Nc3cc(C)cc(C)c3)[C@H](OC(=O)Nc3cc(C)cc(C)c3)[C@@H](OC(=O)Nc3cc(C)cc(C)c3)[C@@H]2O)c1. The molecule has 10 atom stereocenters. The molecule has 2 heterocycles. The molecule has 0 bridgehead atoms. The van der Waals surface area contributed by atoms with Gasteiger partial charge >= 0.3 is 36.6 Å². The van der Waals surface area contributed by atoms with Crippen molar-refractivity contribution < 1.29 is 81.6 Å². The second-order valence-electron chi connectivity index (χ2n) is 22.9. The van der Waals surface area contributed by atoms with E-state index >= 15 is 0 Å². The molecule has 2 aliphatic rings. The highest BCUT2D eigenvalue weighted by Crippen LogP contribution is 2.36. The molecule has 6 aromatic rings. The molecular weight excluding hydrogens is 1150 g/mol. The fourth-order valence-electron chi connectivity index (χ4n) is 11.0. The van der Waals surface area contributed by atoms with Crippen LogP contribution in [0.2, 0.25) is 0 Å². The molecule has 2 aliphatic heterocycles. The highest BCUT2D eigenvalue weighted by atomic mass is 16.8. The van der Waals surface area contributed by atoms with E-state index in [1.54, 1.807) is 72.8 Å². The van der Waals surface area contributed by atoms with Crippen molar-refractivity contribution in [2.24, 2.45) is 0 Å². The molecule has 6 amide bonds. The Morgan fingerprint density at radius 3 is 0.899 bits per heavy atom. The lowest BCUT2D eigenvalue weighted by Gasteiger charge is -2.47. The van der Waals surface area contributed by atoms with Crippen molar-refractivity contribution in [3.05, 3.63) is 176 Å². The number of anilines is 6. The van der Waals surface area contributed by atoms with Crippen LogP contribution < -0.4 is 31.9 Å². The number of rotatable bonds is 16. The fourth-order valence-corrected chi connectivity index (χ4v) is 11.0. The van der Waals surface area contributed by atoms with Gasteiger partial charge in [0.05, 0.1) is 0 Å². The highest BCUT2D eigenvalue weighted by Gasteiger charge is 2.57. The molecule has 23 nitrogen and oxygen atoms in total. The maximum atomic E-state index is 14.5. The van der Waals surface area contributed by atoms with Gasteiger partial charge < -0.3 is 52.8 Å². The summed E-state index contributed by atoms with van der Waals surface area (Å²) in [5, 5.41) is 40.4. The molecule has 0 aromatic heterocycles. The fraction of sp³-hybridized carbons (Fsp3) is 0.364. The quantitative estimate of drug-likeness (QED) is 0.0418. The van der Waals surface area contributed by atoms with Crippen molar-refractivity contribution in [1.82, 2.24) is 0 Å². The third kappa shape index (κ3) is 18.9. The Bertz CT molecular complexity index is 3480. The number of nitrogens with one attached hydrogen (secondary N) is 6. The molecule has 2 fully saturated rings. The van der Waals surface area contributed by atoms with Crippen molar-refractivity contribution in [2.45, 2.75) is 144 Å². The predicted octanol–water partition coefficient (Wildman–Crippen LogP) is 11.8. The summed E-state index contributed by atoms with van der Waals surface area (Å²) >= 11 is 0. The van der Waals surface area contributed by atoms with Gasteiger partial charge in [-0.15, -0.1) is 0 Å². The summed E-state index contributed by atoms with van der Waals surface area (Å²) in [5.41, 5.74) is 11.5. The van der Waals surface area contributed by atoms with E-state index in [2.05, 4.69) is 31.9 Å². The van der Waals surface area contributed by atoms with Crippen LogP contribution >= 0.6 is 0 Å². The third-order valence-corrected chi connectivity index (χ3v) is 14.1. The van der Waals surface area contributed by atoms with Crippen LogP contribution in [0.3, 0.4) is 0 Å². The maximum Gasteiger partial charge on any atom is 0.412 e. The lowest BCUT2D eigenvalue weighted by Crippen LogP contribution is -2.67. The summed E-state index contributed by atoms with van der Waals surface area (Å²) < 4.78 is 55.2. The number of aliphatic hydroxyl groups excluding tert-OH is 2. The largest absolute Gasteiger partial charge is 0.446 e. The monoisotopic (exact) mass is 1220 g/mol. The third-order valence-electron chi connectivity index (χ3n) is 14.1. The number of carbonyl (C=O) groups is 6. The molecule has 8 rings (SSSR count). The maximum absolute atomic E-state index is 14.5. The van der Waals surface area contributed by atoms with Crippen LogP contribution in [-0.4, -0.2) is 121 Å². The number of hydrogen-bond acceptors (Lipinski definition) is 17. The number of benzene rings is 6. The van der Waals surface area contributed by atoms with Gasteiger partial charge in [-0.05, 0) is 223 Å². The van der Waals surface area contributed by atoms with Crippen molar-refractivity contribution in [1.29, 1.82) is 0 Å².